The normalized spacial score (nSPS) is 18.3. The van der Waals surface area contributed by atoms with E-state index in [1.165, 1.54) is 4.40 Å². The van der Waals surface area contributed by atoms with Crippen LogP contribution in [0.4, 0.5) is 0 Å². The Morgan fingerprint density at radius 3 is 2.96 bits per heavy atom. The molecule has 1 aliphatic rings. The van der Waals surface area contributed by atoms with Gasteiger partial charge in [-0.1, -0.05) is 6.07 Å². The molecule has 2 aromatic heterocycles. The Morgan fingerprint density at radius 1 is 1.39 bits per heavy atom. The van der Waals surface area contributed by atoms with Gasteiger partial charge in [0, 0.05) is 24.2 Å². The standard InChI is InChI=1S/C14H16N4O4S/c19-12(16-5-6-23-9-10(16)7-13(20)21)8-18-14(22)17-4-2-1-3-11(17)15-18/h1-4,10H,5-9H2,(H,20,21). The van der Waals surface area contributed by atoms with Gasteiger partial charge in [-0.3, -0.25) is 14.0 Å². The van der Waals surface area contributed by atoms with Gasteiger partial charge in [0.1, 0.15) is 6.54 Å². The summed E-state index contributed by atoms with van der Waals surface area (Å²) in [6.45, 7) is 0.310. The number of amides is 1. The number of carbonyl (C=O) groups is 2. The average Bonchev–Trinajstić information content (AvgIpc) is 2.84. The maximum absolute atomic E-state index is 12.5. The molecule has 1 aliphatic heterocycles. The molecule has 8 nitrogen and oxygen atoms in total. The van der Waals surface area contributed by atoms with Crippen molar-refractivity contribution in [3.63, 3.8) is 0 Å². The summed E-state index contributed by atoms with van der Waals surface area (Å²) in [4.78, 5) is 37.2. The number of carbonyl (C=O) groups excluding carboxylic acids is 1. The number of nitrogens with zero attached hydrogens (tertiary/aromatic N) is 4. The molecule has 1 N–H and O–H groups in total. The number of carboxylic acid groups (broad SMARTS) is 1. The predicted molar refractivity (Wildman–Crippen MR) is 84.5 cm³/mol. The van der Waals surface area contributed by atoms with Crippen molar-refractivity contribution >= 4 is 29.3 Å². The van der Waals surface area contributed by atoms with E-state index in [2.05, 4.69) is 5.10 Å². The van der Waals surface area contributed by atoms with Crippen molar-refractivity contribution in [1.82, 2.24) is 19.1 Å². The summed E-state index contributed by atoms with van der Waals surface area (Å²) in [5.41, 5.74) is 0.0942. The maximum atomic E-state index is 12.5. The zero-order valence-electron chi connectivity index (χ0n) is 12.3. The van der Waals surface area contributed by atoms with Gasteiger partial charge in [0.2, 0.25) is 5.91 Å². The molecular weight excluding hydrogens is 320 g/mol. The number of rotatable bonds is 4. The molecule has 122 valence electrons. The molecular formula is C14H16N4O4S. The van der Waals surface area contributed by atoms with Gasteiger partial charge in [-0.05, 0) is 12.1 Å². The third kappa shape index (κ3) is 3.24. The lowest BCUT2D eigenvalue weighted by Crippen LogP contribution is -2.49. The fourth-order valence-corrected chi connectivity index (χ4v) is 3.71. The highest BCUT2D eigenvalue weighted by atomic mass is 32.2. The Labute approximate surface area is 135 Å². The first-order valence-corrected chi connectivity index (χ1v) is 8.35. The summed E-state index contributed by atoms with van der Waals surface area (Å²) in [5.74, 6) is 0.155. The van der Waals surface area contributed by atoms with E-state index in [9.17, 15) is 14.4 Å². The quantitative estimate of drug-likeness (QED) is 0.838. The van der Waals surface area contributed by atoms with E-state index in [0.29, 0.717) is 17.9 Å². The summed E-state index contributed by atoms with van der Waals surface area (Å²) >= 11 is 1.63. The first kappa shape index (κ1) is 15.6. The lowest BCUT2D eigenvalue weighted by Gasteiger charge is -2.34. The zero-order chi connectivity index (χ0) is 16.4. The Hall–Kier alpha value is -2.29. The van der Waals surface area contributed by atoms with Gasteiger partial charge in [0.15, 0.2) is 5.65 Å². The minimum Gasteiger partial charge on any atom is -0.481 e. The van der Waals surface area contributed by atoms with Crippen LogP contribution in [0.1, 0.15) is 6.42 Å². The highest BCUT2D eigenvalue weighted by Crippen LogP contribution is 2.19. The van der Waals surface area contributed by atoms with Gasteiger partial charge in [-0.2, -0.15) is 11.8 Å². The molecule has 0 bridgehead atoms. The number of hydrogen-bond acceptors (Lipinski definition) is 5. The highest BCUT2D eigenvalue weighted by molar-refractivity contribution is 7.99. The number of aromatic nitrogens is 3. The third-order valence-corrected chi connectivity index (χ3v) is 4.82. The number of aliphatic carboxylic acids is 1. The maximum Gasteiger partial charge on any atom is 0.350 e. The van der Waals surface area contributed by atoms with Gasteiger partial charge in [0.05, 0.1) is 12.5 Å². The van der Waals surface area contributed by atoms with E-state index in [-0.39, 0.29) is 30.6 Å². The fourth-order valence-electron chi connectivity index (χ4n) is 2.64. The van der Waals surface area contributed by atoms with Crippen molar-refractivity contribution in [2.45, 2.75) is 19.0 Å². The molecule has 9 heteroatoms. The second-order valence-electron chi connectivity index (χ2n) is 5.28. The van der Waals surface area contributed by atoms with E-state index in [1.807, 2.05) is 0 Å². The van der Waals surface area contributed by atoms with Crippen molar-refractivity contribution in [2.75, 3.05) is 18.1 Å². The molecule has 23 heavy (non-hydrogen) atoms. The number of fused-ring (bicyclic) bond motifs is 1. The Morgan fingerprint density at radius 2 is 2.22 bits per heavy atom. The minimum atomic E-state index is -0.930. The zero-order valence-corrected chi connectivity index (χ0v) is 13.1. The van der Waals surface area contributed by atoms with E-state index in [0.717, 1.165) is 10.4 Å². The monoisotopic (exact) mass is 336 g/mol. The lowest BCUT2D eigenvalue weighted by atomic mass is 10.2. The van der Waals surface area contributed by atoms with E-state index in [1.54, 1.807) is 41.1 Å². The summed E-state index contributed by atoms with van der Waals surface area (Å²) in [5, 5.41) is 13.1. The topological polar surface area (TPSA) is 96.9 Å². The molecule has 0 aromatic carbocycles. The van der Waals surface area contributed by atoms with Crippen molar-refractivity contribution in [1.29, 1.82) is 0 Å². The molecule has 3 rings (SSSR count). The Kier molecular flexibility index (Phi) is 4.37. The largest absolute Gasteiger partial charge is 0.481 e. The Bertz CT molecular complexity index is 799. The third-order valence-electron chi connectivity index (χ3n) is 3.73. The average molecular weight is 336 g/mol. The first-order chi connectivity index (χ1) is 11.1. The summed E-state index contributed by atoms with van der Waals surface area (Å²) < 4.78 is 2.49. The lowest BCUT2D eigenvalue weighted by molar-refractivity contribution is -0.140. The van der Waals surface area contributed by atoms with E-state index >= 15 is 0 Å². The Balaban J connectivity index is 1.80. The first-order valence-electron chi connectivity index (χ1n) is 7.19. The fraction of sp³-hybridized carbons (Fsp3) is 0.429. The van der Waals surface area contributed by atoms with Crippen LogP contribution in [-0.2, 0) is 16.1 Å². The predicted octanol–water partition coefficient (Wildman–Crippen LogP) is -0.0853. The van der Waals surface area contributed by atoms with Crippen LogP contribution in [0.15, 0.2) is 29.2 Å². The van der Waals surface area contributed by atoms with Crippen LogP contribution < -0.4 is 5.69 Å². The molecule has 0 radical (unpaired) electrons. The van der Waals surface area contributed by atoms with E-state index in [4.69, 9.17) is 5.11 Å². The number of carboxylic acids is 1. The molecule has 3 heterocycles. The van der Waals surface area contributed by atoms with Crippen LogP contribution in [-0.4, -0.2) is 60.2 Å². The van der Waals surface area contributed by atoms with Gasteiger partial charge < -0.3 is 10.0 Å². The van der Waals surface area contributed by atoms with Crippen LogP contribution >= 0.6 is 11.8 Å². The van der Waals surface area contributed by atoms with Gasteiger partial charge in [-0.15, -0.1) is 5.10 Å². The van der Waals surface area contributed by atoms with Crippen LogP contribution in [0.3, 0.4) is 0 Å². The molecule has 1 saturated heterocycles. The second-order valence-corrected chi connectivity index (χ2v) is 6.43. The summed E-state index contributed by atoms with van der Waals surface area (Å²) in [6, 6.07) is 4.82. The van der Waals surface area contributed by atoms with Crippen LogP contribution in [0.25, 0.3) is 5.65 Å². The molecule has 1 unspecified atom stereocenters. The summed E-state index contributed by atoms with van der Waals surface area (Å²) in [6.07, 6.45) is 1.51. The van der Waals surface area contributed by atoms with Crippen molar-refractivity contribution in [2.24, 2.45) is 0 Å². The van der Waals surface area contributed by atoms with Gasteiger partial charge >= 0.3 is 11.7 Å². The van der Waals surface area contributed by atoms with Crippen molar-refractivity contribution in [3.8, 4) is 0 Å². The molecule has 0 aliphatic carbocycles. The van der Waals surface area contributed by atoms with Crippen molar-refractivity contribution < 1.29 is 14.7 Å². The van der Waals surface area contributed by atoms with Crippen LogP contribution in [0.5, 0.6) is 0 Å². The number of hydrogen-bond donors (Lipinski definition) is 1. The number of pyridine rings is 1. The van der Waals surface area contributed by atoms with Crippen LogP contribution in [0, 0.1) is 0 Å². The molecule has 1 fully saturated rings. The molecule has 1 amide bonds. The molecule has 1 atom stereocenters. The number of thioether (sulfide) groups is 1. The SMILES string of the molecule is O=C(O)CC1CSCCN1C(=O)Cn1nc2ccccn2c1=O. The van der Waals surface area contributed by atoms with Crippen LogP contribution in [0.2, 0.25) is 0 Å². The van der Waals surface area contributed by atoms with Crippen molar-refractivity contribution in [3.05, 3.63) is 34.9 Å². The minimum absolute atomic E-state index is 0.0845. The second kappa shape index (κ2) is 6.45. The highest BCUT2D eigenvalue weighted by Gasteiger charge is 2.29. The summed E-state index contributed by atoms with van der Waals surface area (Å²) in [7, 11) is 0. The molecule has 0 saturated carbocycles. The van der Waals surface area contributed by atoms with Gasteiger partial charge in [0.25, 0.3) is 0 Å². The van der Waals surface area contributed by atoms with E-state index < -0.39 is 5.97 Å². The smallest absolute Gasteiger partial charge is 0.350 e. The van der Waals surface area contributed by atoms with Gasteiger partial charge in [-0.25, -0.2) is 9.48 Å². The molecule has 2 aromatic rings. The molecule has 0 spiro atoms.